The van der Waals surface area contributed by atoms with E-state index < -0.39 is 29.3 Å². The normalized spacial score (nSPS) is 17.1. The van der Waals surface area contributed by atoms with Crippen LogP contribution in [-0.2, 0) is 4.79 Å². The lowest BCUT2D eigenvalue weighted by Gasteiger charge is -2.28. The number of carbonyl (C=O) groups excluding carboxylic acids is 1. The predicted molar refractivity (Wildman–Crippen MR) is 140 cm³/mol. The lowest BCUT2D eigenvalue weighted by atomic mass is 9.78. The highest BCUT2D eigenvalue weighted by atomic mass is 19.2. The number of benzene rings is 3. The van der Waals surface area contributed by atoms with Gasteiger partial charge in [0.05, 0.1) is 19.1 Å². The van der Waals surface area contributed by atoms with Gasteiger partial charge in [-0.3, -0.25) is 4.79 Å². The van der Waals surface area contributed by atoms with Crippen LogP contribution in [-0.4, -0.2) is 19.2 Å². The van der Waals surface area contributed by atoms with E-state index in [1.807, 2.05) is 6.92 Å². The van der Waals surface area contributed by atoms with Gasteiger partial charge in [0, 0.05) is 11.6 Å². The maximum Gasteiger partial charge on any atom is 0.314 e. The Balaban J connectivity index is 1.35. The number of rotatable bonds is 10. The first kappa shape index (κ1) is 27.3. The Kier molecular flexibility index (Phi) is 9.10. The largest absolute Gasteiger partial charge is 0.494 e. The van der Waals surface area contributed by atoms with Crippen molar-refractivity contribution < 1.29 is 32.2 Å². The monoisotopic (exact) mass is 524 g/mol. The number of ether oxygens (including phenoxy) is 3. The molecule has 0 heterocycles. The number of hydrogen-bond acceptors (Lipinski definition) is 4. The molecule has 3 aromatic carbocycles. The molecule has 0 radical (unpaired) electrons. The fourth-order valence-electron chi connectivity index (χ4n) is 4.75. The van der Waals surface area contributed by atoms with Crippen molar-refractivity contribution in [2.45, 2.75) is 44.9 Å². The Morgan fingerprint density at radius 3 is 2.29 bits per heavy atom. The van der Waals surface area contributed by atoms with Gasteiger partial charge in [-0.25, -0.2) is 13.2 Å². The molecule has 3 aromatic rings. The highest BCUT2D eigenvalue weighted by molar-refractivity contribution is 5.75. The summed E-state index contributed by atoms with van der Waals surface area (Å²) >= 11 is 0. The van der Waals surface area contributed by atoms with Crippen LogP contribution in [0, 0.1) is 23.4 Å². The van der Waals surface area contributed by atoms with Gasteiger partial charge in [-0.1, -0.05) is 30.3 Å². The molecule has 7 heteroatoms. The molecule has 0 bridgehead atoms. The van der Waals surface area contributed by atoms with E-state index in [-0.39, 0.29) is 23.0 Å². The maximum absolute atomic E-state index is 15.1. The van der Waals surface area contributed by atoms with Crippen molar-refractivity contribution in [1.29, 1.82) is 0 Å². The van der Waals surface area contributed by atoms with E-state index in [4.69, 9.17) is 14.2 Å². The molecular formula is C31H31F3O4. The van der Waals surface area contributed by atoms with Gasteiger partial charge in [0.15, 0.2) is 23.2 Å². The minimum absolute atomic E-state index is 0.0787. The molecule has 1 aliphatic rings. The fraction of sp³-hybridized carbons (Fsp3) is 0.323. The molecule has 0 saturated heterocycles. The van der Waals surface area contributed by atoms with Crippen molar-refractivity contribution in [1.82, 2.24) is 0 Å². The van der Waals surface area contributed by atoms with Crippen molar-refractivity contribution in [3.8, 4) is 28.4 Å². The van der Waals surface area contributed by atoms with Gasteiger partial charge < -0.3 is 14.2 Å². The third kappa shape index (κ3) is 6.39. The van der Waals surface area contributed by atoms with Crippen LogP contribution in [0.3, 0.4) is 0 Å². The Morgan fingerprint density at radius 1 is 0.921 bits per heavy atom. The summed E-state index contributed by atoms with van der Waals surface area (Å²) in [5.41, 5.74) is 1.07. The summed E-state index contributed by atoms with van der Waals surface area (Å²) in [5, 5.41) is 0. The Hall–Kier alpha value is -3.74. The molecule has 200 valence electrons. The molecule has 0 amide bonds. The highest BCUT2D eigenvalue weighted by Crippen LogP contribution is 2.39. The molecule has 1 saturated carbocycles. The quantitative estimate of drug-likeness (QED) is 0.117. The summed E-state index contributed by atoms with van der Waals surface area (Å²) in [4.78, 5) is 12.7. The topological polar surface area (TPSA) is 44.8 Å². The average Bonchev–Trinajstić information content (AvgIpc) is 2.92. The smallest absolute Gasteiger partial charge is 0.314 e. The van der Waals surface area contributed by atoms with Crippen molar-refractivity contribution in [2.75, 3.05) is 13.2 Å². The third-order valence-corrected chi connectivity index (χ3v) is 6.79. The summed E-state index contributed by atoms with van der Waals surface area (Å²) in [6.07, 6.45) is 4.23. The summed E-state index contributed by atoms with van der Waals surface area (Å²) in [6.45, 7) is 6.29. The summed E-state index contributed by atoms with van der Waals surface area (Å²) in [5.74, 6) is -2.56. The number of halogens is 3. The van der Waals surface area contributed by atoms with Gasteiger partial charge in [0.1, 0.15) is 11.5 Å². The van der Waals surface area contributed by atoms with Gasteiger partial charge in [-0.2, -0.15) is 0 Å². The zero-order valence-electron chi connectivity index (χ0n) is 21.4. The molecule has 1 aliphatic carbocycles. The molecule has 0 N–H and O–H groups in total. The molecule has 0 aromatic heterocycles. The Morgan fingerprint density at radius 2 is 1.63 bits per heavy atom. The van der Waals surface area contributed by atoms with Crippen LogP contribution in [0.15, 0.2) is 67.3 Å². The van der Waals surface area contributed by atoms with Crippen LogP contribution in [0.4, 0.5) is 13.2 Å². The molecule has 4 rings (SSSR count). The van der Waals surface area contributed by atoms with Crippen molar-refractivity contribution in [3.63, 3.8) is 0 Å². The summed E-state index contributed by atoms with van der Waals surface area (Å²) in [7, 11) is 0. The van der Waals surface area contributed by atoms with Crippen LogP contribution < -0.4 is 14.2 Å². The lowest BCUT2D eigenvalue weighted by Crippen LogP contribution is -2.25. The Bertz CT molecular complexity index is 1260. The fourth-order valence-corrected chi connectivity index (χ4v) is 4.75. The van der Waals surface area contributed by atoms with Crippen LogP contribution >= 0.6 is 0 Å². The lowest BCUT2D eigenvalue weighted by molar-refractivity contribution is -0.140. The third-order valence-electron chi connectivity index (χ3n) is 6.79. The average molecular weight is 525 g/mol. The van der Waals surface area contributed by atoms with Gasteiger partial charge in [-0.15, -0.1) is 6.58 Å². The van der Waals surface area contributed by atoms with E-state index >= 15 is 8.78 Å². The van der Waals surface area contributed by atoms with Crippen molar-refractivity contribution in [3.05, 3.63) is 90.3 Å². The van der Waals surface area contributed by atoms with E-state index in [0.717, 1.165) is 6.07 Å². The molecule has 1 fully saturated rings. The molecular weight excluding hydrogens is 493 g/mol. The standard InChI is InChI=1S/C31H31F3O4/c1-3-5-18-37-28-17-14-24(19-27(28)32)38-31(35)22-8-6-20(7-9-22)25-15-16-26(30(34)29(25)33)21-10-12-23(13-11-21)36-4-2/h3,10-17,19-20,22H,1,4-9,18H2,2H3. The highest BCUT2D eigenvalue weighted by Gasteiger charge is 2.31. The number of carbonyl (C=O) groups is 1. The van der Waals surface area contributed by atoms with Crippen LogP contribution in [0.5, 0.6) is 17.2 Å². The van der Waals surface area contributed by atoms with Gasteiger partial charge in [-0.05, 0) is 80.3 Å². The summed E-state index contributed by atoms with van der Waals surface area (Å²) in [6, 6.07) is 14.1. The molecule has 4 nitrogen and oxygen atoms in total. The second kappa shape index (κ2) is 12.7. The zero-order valence-corrected chi connectivity index (χ0v) is 21.4. The maximum atomic E-state index is 15.1. The van der Waals surface area contributed by atoms with Crippen LogP contribution in [0.2, 0.25) is 0 Å². The SMILES string of the molecule is C=CCCOc1ccc(OC(=O)C2CCC(c3ccc(-c4ccc(OCC)cc4)c(F)c3F)CC2)cc1F. The molecule has 0 atom stereocenters. The molecule has 0 spiro atoms. The second-order valence-corrected chi connectivity index (χ2v) is 9.28. The molecule has 38 heavy (non-hydrogen) atoms. The van der Waals surface area contributed by atoms with Crippen molar-refractivity contribution in [2.24, 2.45) is 5.92 Å². The predicted octanol–water partition coefficient (Wildman–Crippen LogP) is 8.00. The van der Waals surface area contributed by atoms with Crippen LogP contribution in [0.25, 0.3) is 11.1 Å². The molecule has 0 aliphatic heterocycles. The van der Waals surface area contributed by atoms with Crippen molar-refractivity contribution >= 4 is 5.97 Å². The molecule has 0 unspecified atom stereocenters. The minimum Gasteiger partial charge on any atom is -0.494 e. The van der Waals surface area contributed by atoms with E-state index in [9.17, 15) is 9.18 Å². The zero-order chi connectivity index (χ0) is 27.1. The van der Waals surface area contributed by atoms with Gasteiger partial charge in [0.25, 0.3) is 0 Å². The Labute approximate surface area is 221 Å². The summed E-state index contributed by atoms with van der Waals surface area (Å²) < 4.78 is 60.5. The van der Waals surface area contributed by atoms with Gasteiger partial charge >= 0.3 is 5.97 Å². The first-order chi connectivity index (χ1) is 18.4. The minimum atomic E-state index is -0.882. The number of esters is 1. The first-order valence-electron chi connectivity index (χ1n) is 12.9. The van der Waals surface area contributed by atoms with E-state index in [0.29, 0.717) is 62.2 Å². The number of hydrogen-bond donors (Lipinski definition) is 0. The first-order valence-corrected chi connectivity index (χ1v) is 12.9. The van der Waals surface area contributed by atoms with E-state index in [1.54, 1.807) is 42.5 Å². The second-order valence-electron chi connectivity index (χ2n) is 9.28. The van der Waals surface area contributed by atoms with E-state index in [2.05, 4.69) is 6.58 Å². The van der Waals surface area contributed by atoms with E-state index in [1.165, 1.54) is 12.1 Å². The van der Waals surface area contributed by atoms with Crippen LogP contribution in [0.1, 0.15) is 50.5 Å². The van der Waals surface area contributed by atoms with Gasteiger partial charge in [0.2, 0.25) is 0 Å².